The van der Waals surface area contributed by atoms with Crippen LogP contribution in [0.3, 0.4) is 0 Å². The van der Waals surface area contributed by atoms with Gasteiger partial charge >= 0.3 is 18.0 Å². The Bertz CT molecular complexity index is 1150. The van der Waals surface area contributed by atoms with E-state index in [2.05, 4.69) is 41.9 Å². The fourth-order valence-electron chi connectivity index (χ4n) is 2.97. The van der Waals surface area contributed by atoms with E-state index in [1.807, 2.05) is 0 Å². The van der Waals surface area contributed by atoms with Crippen molar-refractivity contribution in [2.24, 2.45) is 0 Å². The number of benzene rings is 1. The van der Waals surface area contributed by atoms with Crippen molar-refractivity contribution >= 4 is 61.8 Å². The van der Waals surface area contributed by atoms with Crippen LogP contribution in [0.1, 0.15) is 35.7 Å². The molecular formula is C22H20Br2N2O8. The summed E-state index contributed by atoms with van der Waals surface area (Å²) in [5.41, 5.74) is 0.628. The number of hydrogen-bond donors (Lipinski definition) is 1. The van der Waals surface area contributed by atoms with Crippen LogP contribution in [0.5, 0.6) is 5.75 Å². The first-order valence-electron chi connectivity index (χ1n) is 9.98. The summed E-state index contributed by atoms with van der Waals surface area (Å²) in [6, 6.07) is 5.59. The van der Waals surface area contributed by atoms with Crippen molar-refractivity contribution in [2.75, 3.05) is 13.7 Å². The largest absolute Gasteiger partial charge is 0.477 e. The fourth-order valence-corrected chi connectivity index (χ4v) is 4.38. The van der Waals surface area contributed by atoms with E-state index in [4.69, 9.17) is 13.9 Å². The van der Waals surface area contributed by atoms with Crippen LogP contribution in [-0.2, 0) is 25.6 Å². The topological polar surface area (TPSA) is 124 Å². The maximum atomic E-state index is 12.8. The molecule has 1 aliphatic rings. The number of methoxy groups -OCH3 is 1. The molecule has 0 aliphatic carbocycles. The monoisotopic (exact) mass is 598 g/mol. The molecule has 3 rings (SSSR count). The highest BCUT2D eigenvalue weighted by Gasteiger charge is 2.34. The average Bonchev–Trinajstić information content (AvgIpc) is 3.36. The van der Waals surface area contributed by atoms with Crippen molar-refractivity contribution in [3.05, 3.63) is 56.0 Å². The molecule has 2 heterocycles. The van der Waals surface area contributed by atoms with Crippen LogP contribution in [0.2, 0.25) is 0 Å². The molecule has 10 nitrogen and oxygen atoms in total. The third kappa shape index (κ3) is 5.68. The second kappa shape index (κ2) is 10.9. The highest BCUT2D eigenvalue weighted by Crippen LogP contribution is 2.36. The van der Waals surface area contributed by atoms with Crippen molar-refractivity contribution in [3.8, 4) is 5.75 Å². The van der Waals surface area contributed by atoms with E-state index in [-0.39, 0.29) is 30.4 Å². The average molecular weight is 600 g/mol. The minimum Gasteiger partial charge on any atom is -0.477 e. The van der Waals surface area contributed by atoms with Gasteiger partial charge in [0.1, 0.15) is 17.2 Å². The molecule has 1 fully saturated rings. The Balaban J connectivity index is 1.76. The first-order valence-corrected chi connectivity index (χ1v) is 11.6. The van der Waals surface area contributed by atoms with Gasteiger partial charge in [0.2, 0.25) is 5.76 Å². The molecule has 1 aromatic heterocycles. The number of furan rings is 1. The van der Waals surface area contributed by atoms with Crippen LogP contribution >= 0.6 is 31.9 Å². The summed E-state index contributed by atoms with van der Waals surface area (Å²) in [6.07, 6.45) is 0.665. The number of hydrogen-bond acceptors (Lipinski definition) is 8. The summed E-state index contributed by atoms with van der Waals surface area (Å²) in [5.74, 6) is -1.14. The van der Waals surface area contributed by atoms with Crippen LogP contribution in [0.4, 0.5) is 4.79 Å². The molecule has 1 aromatic carbocycles. The maximum absolute atomic E-state index is 12.8. The predicted octanol–water partition coefficient (Wildman–Crippen LogP) is 4.01. The lowest BCUT2D eigenvalue weighted by Gasteiger charge is -2.16. The summed E-state index contributed by atoms with van der Waals surface area (Å²) in [4.78, 5) is 49.5. The Morgan fingerprint density at radius 2 is 1.88 bits per heavy atom. The summed E-state index contributed by atoms with van der Waals surface area (Å²) < 4.78 is 21.6. The lowest BCUT2D eigenvalue weighted by atomic mass is 10.2. The van der Waals surface area contributed by atoms with Crippen LogP contribution in [0, 0.1) is 0 Å². The quantitative estimate of drug-likeness (QED) is 0.274. The summed E-state index contributed by atoms with van der Waals surface area (Å²) in [6.45, 7) is 3.35. The number of nitrogens with one attached hydrogen (secondary N) is 1. The van der Waals surface area contributed by atoms with Crippen LogP contribution in [-0.4, -0.2) is 48.6 Å². The summed E-state index contributed by atoms with van der Waals surface area (Å²) in [7, 11) is 1.22. The highest BCUT2D eigenvalue weighted by atomic mass is 79.9. The van der Waals surface area contributed by atoms with Gasteiger partial charge in [-0.2, -0.15) is 0 Å². The normalized spacial score (nSPS) is 15.3. The highest BCUT2D eigenvalue weighted by molar-refractivity contribution is 9.11. The first-order chi connectivity index (χ1) is 16.1. The van der Waals surface area contributed by atoms with Crippen molar-refractivity contribution in [2.45, 2.75) is 26.5 Å². The number of amides is 3. The van der Waals surface area contributed by atoms with Gasteiger partial charge in [-0.1, -0.05) is 0 Å². The van der Waals surface area contributed by atoms with Gasteiger partial charge in [-0.3, -0.25) is 9.69 Å². The molecule has 12 heteroatoms. The zero-order valence-electron chi connectivity index (χ0n) is 18.3. The molecule has 1 aliphatic heterocycles. The van der Waals surface area contributed by atoms with Crippen molar-refractivity contribution < 1.29 is 37.8 Å². The molecule has 1 saturated heterocycles. The van der Waals surface area contributed by atoms with Crippen LogP contribution in [0.25, 0.3) is 6.08 Å². The van der Waals surface area contributed by atoms with E-state index in [1.165, 1.54) is 25.3 Å². The second-order valence-corrected chi connectivity index (χ2v) is 8.67. The van der Waals surface area contributed by atoms with Gasteiger partial charge in [-0.25, -0.2) is 14.4 Å². The molecule has 2 aromatic rings. The van der Waals surface area contributed by atoms with Gasteiger partial charge in [0.25, 0.3) is 5.91 Å². The number of imide groups is 1. The van der Waals surface area contributed by atoms with Crippen molar-refractivity contribution in [1.82, 2.24) is 10.2 Å². The molecule has 0 saturated carbocycles. The number of nitrogens with zero attached hydrogens (tertiary/aromatic N) is 1. The minimum atomic E-state index is -0.831. The molecule has 1 atom stereocenters. The maximum Gasteiger partial charge on any atom is 0.373 e. The van der Waals surface area contributed by atoms with E-state index >= 15 is 0 Å². The van der Waals surface area contributed by atoms with E-state index in [0.717, 1.165) is 4.90 Å². The zero-order valence-corrected chi connectivity index (χ0v) is 21.5. The van der Waals surface area contributed by atoms with E-state index in [9.17, 15) is 19.2 Å². The number of urea groups is 1. The van der Waals surface area contributed by atoms with Crippen LogP contribution < -0.4 is 10.1 Å². The molecule has 0 unspecified atom stereocenters. The van der Waals surface area contributed by atoms with Gasteiger partial charge < -0.3 is 23.9 Å². The van der Waals surface area contributed by atoms with Crippen LogP contribution in [0.15, 0.2) is 43.3 Å². The van der Waals surface area contributed by atoms with Gasteiger partial charge in [-0.15, -0.1) is 0 Å². The van der Waals surface area contributed by atoms with Crippen molar-refractivity contribution in [1.29, 1.82) is 0 Å². The molecule has 1 N–H and O–H groups in total. The molecule has 34 heavy (non-hydrogen) atoms. The van der Waals surface area contributed by atoms with E-state index in [0.29, 0.717) is 20.3 Å². The third-order valence-electron chi connectivity index (χ3n) is 4.57. The second-order valence-electron chi connectivity index (χ2n) is 6.96. The molecule has 0 radical (unpaired) electrons. The van der Waals surface area contributed by atoms with Gasteiger partial charge in [-0.05, 0) is 81.6 Å². The third-order valence-corrected chi connectivity index (χ3v) is 5.75. The minimum absolute atomic E-state index is 0.0328. The molecule has 0 bridgehead atoms. The smallest absolute Gasteiger partial charge is 0.373 e. The summed E-state index contributed by atoms with van der Waals surface area (Å²) >= 11 is 6.80. The number of ether oxygens (including phenoxy) is 3. The standard InChI is InChI=1S/C22H20Br2N2O8/c1-4-32-20(28)11(2)33-18-14(23)7-12(8-15(18)24)9-16-19(27)26(22(30)25-16)10-13-5-6-17(34-13)21(29)31-3/h5-9,11H,4,10H2,1-3H3,(H,25,30)/b16-9-/t11-/m0/s1. The number of rotatable bonds is 8. The van der Waals surface area contributed by atoms with Gasteiger partial charge in [0.05, 0.1) is 29.2 Å². The Kier molecular flexibility index (Phi) is 8.15. The molecule has 0 spiro atoms. The number of esters is 2. The molecular weight excluding hydrogens is 580 g/mol. The lowest BCUT2D eigenvalue weighted by molar-refractivity contribution is -0.150. The molecule has 180 valence electrons. The fraction of sp³-hybridized carbons (Fsp3) is 0.273. The first kappa shape index (κ1) is 25.5. The zero-order chi connectivity index (χ0) is 25.0. The van der Waals surface area contributed by atoms with Gasteiger partial charge in [0, 0.05) is 0 Å². The Labute approximate surface area is 211 Å². The SMILES string of the molecule is CCOC(=O)[C@H](C)Oc1c(Br)cc(/C=C2\NC(=O)N(Cc3ccc(C(=O)OC)o3)C2=O)cc1Br. The Morgan fingerprint density at radius 3 is 2.50 bits per heavy atom. The number of carbonyl (C=O) groups excluding carboxylic acids is 4. The number of halogens is 2. The van der Waals surface area contributed by atoms with E-state index < -0.39 is 30.0 Å². The van der Waals surface area contributed by atoms with Gasteiger partial charge in [0.15, 0.2) is 6.10 Å². The van der Waals surface area contributed by atoms with Crippen molar-refractivity contribution in [3.63, 3.8) is 0 Å². The lowest BCUT2D eigenvalue weighted by Crippen LogP contribution is -2.30. The number of carbonyl (C=O) groups is 4. The predicted molar refractivity (Wildman–Crippen MR) is 126 cm³/mol. The Hall–Kier alpha value is -3.12. The Morgan fingerprint density at radius 1 is 1.21 bits per heavy atom. The summed E-state index contributed by atoms with van der Waals surface area (Å²) in [5, 5.41) is 2.52. The van der Waals surface area contributed by atoms with E-state index in [1.54, 1.807) is 26.0 Å². The molecule has 3 amide bonds.